The van der Waals surface area contributed by atoms with E-state index in [0.717, 1.165) is 18.5 Å². The minimum absolute atomic E-state index is 0.00993. The van der Waals surface area contributed by atoms with Crippen molar-refractivity contribution in [3.8, 4) is 0 Å². The van der Waals surface area contributed by atoms with Gasteiger partial charge in [-0.2, -0.15) is 0 Å². The van der Waals surface area contributed by atoms with E-state index in [1.54, 1.807) is 18.2 Å². The van der Waals surface area contributed by atoms with Crippen molar-refractivity contribution in [2.24, 2.45) is 0 Å². The number of amides is 2. The summed E-state index contributed by atoms with van der Waals surface area (Å²) < 4.78 is 0. The van der Waals surface area contributed by atoms with Crippen LogP contribution in [0.3, 0.4) is 0 Å². The molecule has 0 spiro atoms. The fourth-order valence-electron chi connectivity index (χ4n) is 3.39. The number of hydrogen-bond acceptors (Lipinski definition) is 3. The third kappa shape index (κ3) is 5.04. The van der Waals surface area contributed by atoms with E-state index in [1.165, 1.54) is 5.56 Å². The second-order valence-electron chi connectivity index (χ2n) is 6.81. The van der Waals surface area contributed by atoms with Crippen molar-refractivity contribution < 1.29 is 9.59 Å². The van der Waals surface area contributed by atoms with E-state index in [1.807, 2.05) is 34.9 Å². The Balaban J connectivity index is 1.61. The predicted octanol–water partition coefficient (Wildman–Crippen LogP) is 4.23. The predicted molar refractivity (Wildman–Crippen MR) is 114 cm³/mol. The van der Waals surface area contributed by atoms with Gasteiger partial charge in [0.1, 0.15) is 0 Å². The molecule has 1 heterocycles. The van der Waals surface area contributed by atoms with Gasteiger partial charge in [-0.05, 0) is 49.2 Å². The fraction of sp³-hybridized carbons (Fsp3) is 0.333. The number of carbonyl (C=O) groups excluding carboxylic acids is 2. The molecule has 0 unspecified atom stereocenters. The smallest absolute Gasteiger partial charge is 0.241 e. The summed E-state index contributed by atoms with van der Waals surface area (Å²) in [6.07, 6.45) is 1.71. The van der Waals surface area contributed by atoms with Crippen molar-refractivity contribution in [3.63, 3.8) is 0 Å². The number of carbonyl (C=O) groups is 2. The third-order valence-corrected chi connectivity index (χ3v) is 5.21. The number of nitrogens with zero attached hydrogens (tertiary/aromatic N) is 2. The third-order valence-electron chi connectivity index (χ3n) is 4.66. The summed E-state index contributed by atoms with van der Waals surface area (Å²) in [6, 6.07) is 12.9. The molecule has 0 fully saturated rings. The van der Waals surface area contributed by atoms with Gasteiger partial charge in [0.15, 0.2) is 0 Å². The van der Waals surface area contributed by atoms with E-state index in [9.17, 15) is 9.59 Å². The summed E-state index contributed by atoms with van der Waals surface area (Å²) in [6.45, 7) is 3.68. The largest absolute Gasteiger partial charge is 0.324 e. The molecule has 0 saturated heterocycles. The van der Waals surface area contributed by atoms with Crippen LogP contribution in [0.5, 0.6) is 0 Å². The Morgan fingerprint density at radius 3 is 2.68 bits per heavy atom. The van der Waals surface area contributed by atoms with Gasteiger partial charge in [-0.1, -0.05) is 48.3 Å². The standard InChI is InChI=1S/C21H23Cl2N3O2/c1-2-10-25(13-20(27)24-18-8-7-16(22)12-17(18)23)14-21(28)26-11-9-15-5-3-4-6-19(15)26/h3-8,12H,2,9-11,13-14H2,1H3,(H,24,27). The molecule has 0 atom stereocenters. The van der Waals surface area contributed by atoms with Gasteiger partial charge in [0.25, 0.3) is 0 Å². The molecule has 2 aromatic rings. The molecule has 2 aromatic carbocycles. The number of fused-ring (bicyclic) bond motifs is 1. The molecule has 0 aromatic heterocycles. The van der Waals surface area contributed by atoms with Crippen LogP contribution in [0.2, 0.25) is 10.0 Å². The number of para-hydroxylation sites is 1. The Labute approximate surface area is 175 Å². The summed E-state index contributed by atoms with van der Waals surface area (Å²) in [5.74, 6) is -0.206. The van der Waals surface area contributed by atoms with Crippen LogP contribution in [0.1, 0.15) is 18.9 Å². The van der Waals surface area contributed by atoms with Crippen molar-refractivity contribution in [3.05, 3.63) is 58.1 Å². The van der Waals surface area contributed by atoms with Gasteiger partial charge in [0, 0.05) is 17.3 Å². The first-order chi connectivity index (χ1) is 13.5. The number of nitrogens with one attached hydrogen (secondary N) is 1. The van der Waals surface area contributed by atoms with Crippen LogP contribution in [0.15, 0.2) is 42.5 Å². The lowest BCUT2D eigenvalue weighted by Crippen LogP contribution is -2.43. The minimum atomic E-state index is -0.215. The van der Waals surface area contributed by atoms with E-state index in [0.29, 0.717) is 28.8 Å². The first kappa shape index (κ1) is 20.6. The molecule has 5 nitrogen and oxygen atoms in total. The van der Waals surface area contributed by atoms with Gasteiger partial charge in [-0.3, -0.25) is 14.5 Å². The average Bonchev–Trinajstić information content (AvgIpc) is 3.08. The lowest BCUT2D eigenvalue weighted by molar-refractivity contribution is -0.121. The lowest BCUT2D eigenvalue weighted by Gasteiger charge is -2.24. The molecule has 0 radical (unpaired) electrons. The van der Waals surface area contributed by atoms with Crippen molar-refractivity contribution in [2.45, 2.75) is 19.8 Å². The van der Waals surface area contributed by atoms with E-state index < -0.39 is 0 Å². The summed E-state index contributed by atoms with van der Waals surface area (Å²) in [5.41, 5.74) is 2.67. The SMILES string of the molecule is CCCN(CC(=O)Nc1ccc(Cl)cc1Cl)CC(=O)N1CCc2ccccc21. The number of halogens is 2. The zero-order valence-corrected chi connectivity index (χ0v) is 17.3. The highest BCUT2D eigenvalue weighted by atomic mass is 35.5. The molecular formula is C21H23Cl2N3O2. The maximum absolute atomic E-state index is 12.8. The van der Waals surface area contributed by atoms with Crippen LogP contribution in [-0.4, -0.2) is 42.9 Å². The minimum Gasteiger partial charge on any atom is -0.324 e. The number of anilines is 2. The second kappa shape index (κ2) is 9.41. The molecule has 1 aliphatic rings. The zero-order valence-electron chi connectivity index (χ0n) is 15.8. The highest BCUT2D eigenvalue weighted by molar-refractivity contribution is 6.36. The second-order valence-corrected chi connectivity index (χ2v) is 7.65. The quantitative estimate of drug-likeness (QED) is 0.730. The van der Waals surface area contributed by atoms with Gasteiger partial charge in [-0.25, -0.2) is 0 Å². The van der Waals surface area contributed by atoms with Crippen LogP contribution in [-0.2, 0) is 16.0 Å². The van der Waals surface area contributed by atoms with Gasteiger partial charge in [-0.15, -0.1) is 0 Å². The number of benzene rings is 2. The van der Waals surface area contributed by atoms with Crippen LogP contribution < -0.4 is 10.2 Å². The number of hydrogen-bond donors (Lipinski definition) is 1. The van der Waals surface area contributed by atoms with Crippen molar-refractivity contribution in [1.29, 1.82) is 0 Å². The monoisotopic (exact) mass is 419 g/mol. The molecule has 1 N–H and O–H groups in total. The summed E-state index contributed by atoms with van der Waals surface area (Å²) in [7, 11) is 0. The highest BCUT2D eigenvalue weighted by Crippen LogP contribution is 2.28. The molecule has 0 bridgehead atoms. The summed E-state index contributed by atoms with van der Waals surface area (Å²) in [5, 5.41) is 3.68. The van der Waals surface area contributed by atoms with Gasteiger partial charge < -0.3 is 10.2 Å². The van der Waals surface area contributed by atoms with E-state index in [2.05, 4.69) is 11.4 Å². The van der Waals surface area contributed by atoms with Crippen LogP contribution >= 0.6 is 23.2 Å². The van der Waals surface area contributed by atoms with Crippen molar-refractivity contribution in [1.82, 2.24) is 4.90 Å². The average molecular weight is 420 g/mol. The normalized spacial score (nSPS) is 12.9. The van der Waals surface area contributed by atoms with Crippen molar-refractivity contribution in [2.75, 3.05) is 36.4 Å². The Hall–Kier alpha value is -2.08. The lowest BCUT2D eigenvalue weighted by atomic mass is 10.2. The molecule has 1 aliphatic heterocycles. The molecule has 148 valence electrons. The zero-order chi connectivity index (χ0) is 20.1. The first-order valence-electron chi connectivity index (χ1n) is 9.33. The fourth-order valence-corrected chi connectivity index (χ4v) is 3.84. The molecule has 2 amide bonds. The van der Waals surface area contributed by atoms with Crippen molar-refractivity contribution >= 4 is 46.4 Å². The topological polar surface area (TPSA) is 52.7 Å². The van der Waals surface area contributed by atoms with E-state index in [4.69, 9.17) is 23.2 Å². The van der Waals surface area contributed by atoms with Crippen LogP contribution in [0.4, 0.5) is 11.4 Å². The van der Waals surface area contributed by atoms with Gasteiger partial charge >= 0.3 is 0 Å². The molecule has 3 rings (SSSR count). The molecular weight excluding hydrogens is 397 g/mol. The maximum Gasteiger partial charge on any atom is 0.241 e. The van der Waals surface area contributed by atoms with E-state index >= 15 is 0 Å². The van der Waals surface area contributed by atoms with E-state index in [-0.39, 0.29) is 24.9 Å². The summed E-state index contributed by atoms with van der Waals surface area (Å²) in [4.78, 5) is 29.0. The van der Waals surface area contributed by atoms with Crippen LogP contribution in [0, 0.1) is 0 Å². The molecule has 7 heteroatoms. The van der Waals surface area contributed by atoms with Gasteiger partial charge in [0.05, 0.1) is 23.8 Å². The Kier molecular flexibility index (Phi) is 6.94. The number of rotatable bonds is 7. The Morgan fingerprint density at radius 1 is 1.14 bits per heavy atom. The Morgan fingerprint density at radius 2 is 1.93 bits per heavy atom. The highest BCUT2D eigenvalue weighted by Gasteiger charge is 2.26. The molecule has 28 heavy (non-hydrogen) atoms. The van der Waals surface area contributed by atoms with Crippen LogP contribution in [0.25, 0.3) is 0 Å². The molecule has 0 aliphatic carbocycles. The Bertz CT molecular complexity index is 872. The maximum atomic E-state index is 12.8. The van der Waals surface area contributed by atoms with Gasteiger partial charge in [0.2, 0.25) is 11.8 Å². The molecule has 0 saturated carbocycles. The summed E-state index contributed by atoms with van der Waals surface area (Å²) >= 11 is 12.0. The first-order valence-corrected chi connectivity index (χ1v) is 10.1.